The van der Waals surface area contributed by atoms with Crippen LogP contribution in [0.4, 0.5) is 21.0 Å². The minimum Gasteiger partial charge on any atom is -0.467 e. The van der Waals surface area contributed by atoms with Gasteiger partial charge in [-0.1, -0.05) is 62.3 Å². The summed E-state index contributed by atoms with van der Waals surface area (Å²) in [6.07, 6.45) is 0.201. The number of nitro groups is 2. The van der Waals surface area contributed by atoms with E-state index in [0.29, 0.717) is 0 Å². The summed E-state index contributed by atoms with van der Waals surface area (Å²) in [6.45, 7) is 13.6. The molecule has 0 aliphatic heterocycles. The van der Waals surface area contributed by atoms with E-state index in [9.17, 15) is 56.2 Å². The number of hydrogen-bond donors (Lipinski definition) is 1. The lowest BCUT2D eigenvalue weighted by atomic mass is 10.0. The molecule has 2 heterocycles. The molecular formula is C51H64N6O16S2. The molecule has 6 rings (SSSR count). The third-order valence-corrected chi connectivity index (χ3v) is 14.3. The summed E-state index contributed by atoms with van der Waals surface area (Å²) in [5.74, 6) is -1.63. The van der Waals surface area contributed by atoms with Crippen LogP contribution in [-0.2, 0) is 61.4 Å². The van der Waals surface area contributed by atoms with Crippen molar-refractivity contribution in [2.45, 2.75) is 116 Å². The standard InChI is InChI=1S/C25H29N3O8S.C24H27N3O8S.2CH4/c1-16-10-12-18(13-11-16)37(33,34)27-15-17(22-19(27)8-7-9-20(22)28(31)32)14-21(23(29)35-6)26(5)24(30)36-25(2,3)4;1-15-9-11-17(12-10-15)36(32,33)26-14-16(21-19(26)7-6-8-20(21)27(30)31)13-18(22(28)34-5)25-23(29)35-24(2,3)4;;/h7-13,15,21H,14H2,1-6H3;6-12,14,18H,13H2,1-5H3,(H,25,29);2*1H4/t21-;18-;;/m11../s1/i;;2*1T. The molecule has 0 saturated heterocycles. The molecule has 0 aliphatic carbocycles. The fourth-order valence-corrected chi connectivity index (χ4v) is 10.2. The zero-order valence-electron chi connectivity index (χ0n) is 45.9. The van der Waals surface area contributed by atoms with Crippen molar-refractivity contribution in [2.75, 3.05) is 21.3 Å². The third-order valence-electron chi connectivity index (χ3n) is 10.9. The summed E-state index contributed by atoms with van der Waals surface area (Å²) in [4.78, 5) is 73.7. The van der Waals surface area contributed by atoms with Crippen LogP contribution in [0.15, 0.2) is 107 Å². The van der Waals surface area contributed by atoms with Crippen molar-refractivity contribution in [1.29, 1.82) is 0 Å². The van der Waals surface area contributed by atoms with E-state index in [1.165, 1.54) is 94.9 Å². The number of hydrogen-bond acceptors (Lipinski definition) is 16. The van der Waals surface area contributed by atoms with Crippen molar-refractivity contribution in [2.24, 2.45) is 0 Å². The molecule has 0 fully saturated rings. The van der Waals surface area contributed by atoms with E-state index in [1.54, 1.807) is 65.8 Å². The van der Waals surface area contributed by atoms with Crippen molar-refractivity contribution < 1.29 is 67.5 Å². The van der Waals surface area contributed by atoms with Gasteiger partial charge in [0.2, 0.25) is 0 Å². The predicted octanol–water partition coefficient (Wildman–Crippen LogP) is 9.02. The van der Waals surface area contributed by atoms with Gasteiger partial charge in [0.1, 0.15) is 23.3 Å². The Labute approximate surface area is 438 Å². The second-order valence-electron chi connectivity index (χ2n) is 18.7. The van der Waals surface area contributed by atoms with Gasteiger partial charge < -0.3 is 24.3 Å². The maximum Gasteiger partial charge on any atom is 0.410 e. The van der Waals surface area contributed by atoms with Crippen LogP contribution in [-0.4, -0.2) is 108 Å². The number of carbonyl (C=O) groups excluding carboxylic acids is 4. The molecule has 0 unspecified atom stereocenters. The van der Waals surface area contributed by atoms with Crippen LogP contribution in [0.3, 0.4) is 0 Å². The molecule has 2 atom stereocenters. The fourth-order valence-electron chi connectivity index (χ4n) is 7.48. The van der Waals surface area contributed by atoms with Gasteiger partial charge in [-0.3, -0.25) is 25.1 Å². The van der Waals surface area contributed by atoms with Gasteiger partial charge in [-0.05, 0) is 103 Å². The van der Waals surface area contributed by atoms with Gasteiger partial charge in [0.15, 0.2) is 0 Å². The number of nitrogens with zero attached hydrogens (tertiary/aromatic N) is 5. The van der Waals surface area contributed by atoms with Gasteiger partial charge in [-0.2, -0.15) is 0 Å². The van der Waals surface area contributed by atoms with Gasteiger partial charge in [0.25, 0.3) is 31.4 Å². The Morgan fingerprint density at radius 3 is 1.40 bits per heavy atom. The number of fused-ring (bicyclic) bond motifs is 2. The van der Waals surface area contributed by atoms with Gasteiger partial charge in [0.05, 0.1) is 55.7 Å². The zero-order chi connectivity index (χ0) is 58.5. The van der Waals surface area contributed by atoms with Crippen molar-refractivity contribution in [1.82, 2.24) is 18.2 Å². The van der Waals surface area contributed by atoms with Crippen molar-refractivity contribution in [3.63, 3.8) is 0 Å². The molecule has 75 heavy (non-hydrogen) atoms. The lowest BCUT2D eigenvalue weighted by Crippen LogP contribution is -2.46. The normalized spacial score (nSPS) is 12.5. The number of nitrogens with one attached hydrogen (secondary N) is 1. The minimum absolute atomic E-state index is 0.0107. The molecule has 1 N–H and O–H groups in total. The summed E-state index contributed by atoms with van der Waals surface area (Å²) in [6, 6.07) is 17.9. The van der Waals surface area contributed by atoms with Crippen molar-refractivity contribution in [3.8, 4) is 0 Å². The molecule has 406 valence electrons. The fraction of sp³-hybridized carbons (Fsp3) is 0.373. The van der Waals surface area contributed by atoms with E-state index < -0.39 is 77.3 Å². The lowest BCUT2D eigenvalue weighted by Gasteiger charge is -2.29. The number of amides is 2. The molecule has 2 aromatic heterocycles. The van der Waals surface area contributed by atoms with Gasteiger partial charge in [0, 0.05) is 47.2 Å². The van der Waals surface area contributed by atoms with E-state index in [1.807, 2.05) is 13.8 Å². The number of aryl methyl sites for hydroxylation is 2. The molecule has 6 aromatic rings. The highest BCUT2D eigenvalue weighted by atomic mass is 32.2. The van der Waals surface area contributed by atoms with E-state index in [-0.39, 0.29) is 66.9 Å². The van der Waals surface area contributed by atoms with Gasteiger partial charge in [-0.15, -0.1) is 0 Å². The van der Waals surface area contributed by atoms with Crippen LogP contribution in [0.5, 0.6) is 0 Å². The van der Waals surface area contributed by atoms with Crippen LogP contribution in [0.2, 0.25) is 0 Å². The van der Waals surface area contributed by atoms with E-state index >= 15 is 0 Å². The van der Waals surface area contributed by atoms with Crippen LogP contribution in [0.25, 0.3) is 21.8 Å². The Balaban J connectivity index is 0.000000381. The number of rotatable bonds is 14. The largest absolute Gasteiger partial charge is 0.467 e. The van der Waals surface area contributed by atoms with Crippen molar-refractivity contribution in [3.05, 3.63) is 140 Å². The number of aromatic nitrogens is 2. The highest BCUT2D eigenvalue weighted by Gasteiger charge is 2.35. The molecule has 0 radical (unpaired) electrons. The summed E-state index contributed by atoms with van der Waals surface area (Å²) < 4.78 is 87.7. The average Bonchev–Trinajstić information content (AvgIpc) is 3.94. The van der Waals surface area contributed by atoms with Crippen LogP contribution in [0, 0.1) is 34.1 Å². The molecule has 0 spiro atoms. The maximum absolute atomic E-state index is 13.5. The summed E-state index contributed by atoms with van der Waals surface area (Å²) >= 11 is 0. The highest BCUT2D eigenvalue weighted by Crippen LogP contribution is 2.36. The molecule has 2 amide bonds. The Bertz CT molecular complexity index is 3330. The Morgan fingerprint density at radius 1 is 0.653 bits per heavy atom. The Hall–Kier alpha value is -7.86. The van der Waals surface area contributed by atoms with Crippen LogP contribution < -0.4 is 5.32 Å². The number of likely N-dealkylation sites (N-methyl/N-ethyl adjacent to an activating group) is 1. The number of non-ortho nitro benzene ring substituents is 2. The quantitative estimate of drug-likeness (QED) is 0.0460. The molecule has 22 nitrogen and oxygen atoms in total. The smallest absolute Gasteiger partial charge is 0.410 e. The minimum atomic E-state index is -4.15. The van der Waals surface area contributed by atoms with E-state index in [2.05, 4.69) is 5.32 Å². The molecule has 0 aliphatic rings. The van der Waals surface area contributed by atoms with E-state index in [4.69, 9.17) is 21.7 Å². The number of methoxy groups -OCH3 is 2. The number of ether oxygens (including phenoxy) is 4. The number of nitro benzene ring substituents is 2. The first-order valence-electron chi connectivity index (χ1n) is 24.2. The van der Waals surface area contributed by atoms with E-state index in [0.717, 1.165) is 38.2 Å². The number of benzene rings is 4. The highest BCUT2D eigenvalue weighted by molar-refractivity contribution is 7.90. The van der Waals surface area contributed by atoms with Gasteiger partial charge >= 0.3 is 24.1 Å². The second kappa shape index (κ2) is 24.0. The Morgan fingerprint density at radius 2 is 1.04 bits per heavy atom. The SMILES string of the molecule is COC(=O)[C@@H](Cc1cn(S(=O)(=O)c2ccc(C)cc2)c2cccc([N+](=O)[O-])c12)N(C)C(=O)OC(C)(C)C.COC(=O)[C@@H](Cc1cn(S(=O)(=O)c2ccc(C)cc2)c2cccc([N+](=O)[O-])c12)NC(=O)OC(C)(C)C.[3H]C.[3H]C. The first-order valence-corrected chi connectivity index (χ1v) is 25.1. The van der Waals surface area contributed by atoms with Crippen LogP contribution >= 0.6 is 0 Å². The number of alkyl carbamates (subject to hydrolysis) is 1. The average molecular weight is 1090 g/mol. The Kier molecular flexibility index (Phi) is 18.6. The first kappa shape index (κ1) is 58.0. The number of esters is 2. The molecule has 0 bridgehead atoms. The lowest BCUT2D eigenvalue weighted by molar-refractivity contribution is -0.383. The van der Waals surface area contributed by atoms with Gasteiger partial charge in [-0.25, -0.2) is 44.0 Å². The monoisotopic (exact) mass is 1080 g/mol. The zero-order valence-corrected chi connectivity index (χ0v) is 45.5. The predicted molar refractivity (Wildman–Crippen MR) is 281 cm³/mol. The summed E-state index contributed by atoms with van der Waals surface area (Å²) in [5, 5.41) is 26.2. The van der Waals surface area contributed by atoms with Crippen LogP contribution in [0.1, 0.15) is 81.3 Å². The number of carbonyl (C=O) groups is 4. The summed E-state index contributed by atoms with van der Waals surface area (Å²) in [5.41, 5.74) is -0.215. The molecule has 0 saturated carbocycles. The maximum atomic E-state index is 13.5. The topological polar surface area (TPSA) is 285 Å². The second-order valence-corrected chi connectivity index (χ2v) is 22.3. The molecule has 4 aromatic carbocycles. The molecular weight excluding hydrogens is 1020 g/mol. The molecule has 24 heteroatoms. The summed E-state index contributed by atoms with van der Waals surface area (Å²) in [7, 11) is -2.19. The third kappa shape index (κ3) is 14.3. The first-order chi connectivity index (χ1) is 35.9. The van der Waals surface area contributed by atoms with Crippen molar-refractivity contribution >= 4 is 77.4 Å².